The monoisotopic (exact) mass is 313 g/mol. The number of para-hydroxylation sites is 1. The molecule has 1 unspecified atom stereocenters. The van der Waals surface area contributed by atoms with Crippen molar-refractivity contribution in [3.8, 4) is 5.75 Å². The lowest BCUT2D eigenvalue weighted by atomic mass is 10.1. The van der Waals surface area contributed by atoms with Gasteiger partial charge in [0.05, 0.1) is 19.3 Å². The molecule has 1 atom stereocenters. The number of halogens is 1. The summed E-state index contributed by atoms with van der Waals surface area (Å²) < 4.78 is 11.6. The predicted molar refractivity (Wildman–Crippen MR) is 76.5 cm³/mol. The molecule has 4 heteroatoms. The minimum atomic E-state index is 0.0595. The van der Waals surface area contributed by atoms with Crippen LogP contribution in [0.15, 0.2) is 24.3 Å². The largest absolute Gasteiger partial charge is 0.496 e. The van der Waals surface area contributed by atoms with Crippen LogP contribution < -0.4 is 10.1 Å². The third-order valence-electron chi connectivity index (χ3n) is 3.27. The van der Waals surface area contributed by atoms with E-state index in [0.29, 0.717) is 6.10 Å². The Labute approximate surface area is 117 Å². The Hall–Kier alpha value is -0.580. The SMILES string of the molecule is COc1ccccc1C(CBr)OC1CCNCC1. The van der Waals surface area contributed by atoms with Gasteiger partial charge in [-0.05, 0) is 32.0 Å². The molecule has 1 heterocycles. The molecule has 2 rings (SSSR count). The molecule has 18 heavy (non-hydrogen) atoms. The number of nitrogens with one attached hydrogen (secondary N) is 1. The Kier molecular flexibility index (Phi) is 5.47. The summed E-state index contributed by atoms with van der Waals surface area (Å²) in [7, 11) is 1.70. The first kappa shape index (κ1) is 13.8. The Morgan fingerprint density at radius 1 is 1.33 bits per heavy atom. The average Bonchev–Trinajstić information content (AvgIpc) is 2.46. The van der Waals surface area contributed by atoms with Crippen LogP contribution in [0.5, 0.6) is 5.75 Å². The Morgan fingerprint density at radius 3 is 2.72 bits per heavy atom. The number of methoxy groups -OCH3 is 1. The molecule has 0 spiro atoms. The fraction of sp³-hybridized carbons (Fsp3) is 0.571. The van der Waals surface area contributed by atoms with Crippen LogP contribution in [0.4, 0.5) is 0 Å². The first-order valence-electron chi connectivity index (χ1n) is 6.40. The zero-order valence-electron chi connectivity index (χ0n) is 10.7. The van der Waals surface area contributed by atoms with E-state index in [1.165, 1.54) is 0 Å². The van der Waals surface area contributed by atoms with Crippen molar-refractivity contribution in [2.24, 2.45) is 0 Å². The second kappa shape index (κ2) is 7.12. The highest BCUT2D eigenvalue weighted by Crippen LogP contribution is 2.30. The van der Waals surface area contributed by atoms with E-state index in [4.69, 9.17) is 9.47 Å². The first-order valence-corrected chi connectivity index (χ1v) is 7.52. The van der Waals surface area contributed by atoms with Crippen LogP contribution in [0.2, 0.25) is 0 Å². The van der Waals surface area contributed by atoms with Crippen molar-refractivity contribution in [1.82, 2.24) is 5.32 Å². The van der Waals surface area contributed by atoms with Gasteiger partial charge in [0.2, 0.25) is 0 Å². The molecule has 3 nitrogen and oxygen atoms in total. The highest BCUT2D eigenvalue weighted by molar-refractivity contribution is 9.09. The second-order valence-corrected chi connectivity index (χ2v) is 5.12. The number of hydrogen-bond acceptors (Lipinski definition) is 3. The van der Waals surface area contributed by atoms with Crippen molar-refractivity contribution in [3.05, 3.63) is 29.8 Å². The van der Waals surface area contributed by atoms with Gasteiger partial charge >= 0.3 is 0 Å². The second-order valence-electron chi connectivity index (χ2n) is 4.47. The molecule has 0 amide bonds. The van der Waals surface area contributed by atoms with Crippen LogP contribution in [0.3, 0.4) is 0 Å². The molecular formula is C14H20BrNO2. The van der Waals surface area contributed by atoms with E-state index < -0.39 is 0 Å². The molecule has 1 aliphatic heterocycles. The summed E-state index contributed by atoms with van der Waals surface area (Å²) in [6.07, 6.45) is 2.57. The quantitative estimate of drug-likeness (QED) is 0.848. The lowest BCUT2D eigenvalue weighted by molar-refractivity contribution is -0.0165. The van der Waals surface area contributed by atoms with Crippen LogP contribution in [0.25, 0.3) is 0 Å². The first-order chi connectivity index (χ1) is 8.85. The van der Waals surface area contributed by atoms with Crippen molar-refractivity contribution in [2.75, 3.05) is 25.5 Å². The Bertz CT molecular complexity index is 367. The van der Waals surface area contributed by atoms with Crippen LogP contribution in [0, 0.1) is 0 Å². The van der Waals surface area contributed by atoms with Gasteiger partial charge in [-0.2, -0.15) is 0 Å². The summed E-state index contributed by atoms with van der Waals surface area (Å²) in [6.45, 7) is 2.09. The average molecular weight is 314 g/mol. The van der Waals surface area contributed by atoms with E-state index in [2.05, 4.69) is 27.3 Å². The number of hydrogen-bond donors (Lipinski definition) is 1. The summed E-state index contributed by atoms with van der Waals surface area (Å²) in [5.41, 5.74) is 1.12. The third-order valence-corrected chi connectivity index (χ3v) is 3.86. The van der Waals surface area contributed by atoms with Crippen molar-refractivity contribution in [2.45, 2.75) is 25.0 Å². The van der Waals surface area contributed by atoms with Gasteiger partial charge in [0.15, 0.2) is 0 Å². The minimum absolute atomic E-state index is 0.0595. The normalized spacial score (nSPS) is 18.6. The van der Waals surface area contributed by atoms with Gasteiger partial charge in [-0.3, -0.25) is 0 Å². The van der Waals surface area contributed by atoms with Crippen LogP contribution in [-0.2, 0) is 4.74 Å². The number of benzene rings is 1. The van der Waals surface area contributed by atoms with Gasteiger partial charge in [0.25, 0.3) is 0 Å². The molecule has 1 aliphatic rings. The maximum atomic E-state index is 6.20. The van der Waals surface area contributed by atoms with Crippen molar-refractivity contribution in [1.29, 1.82) is 0 Å². The van der Waals surface area contributed by atoms with Gasteiger partial charge in [0, 0.05) is 10.9 Å². The van der Waals surface area contributed by atoms with Crippen LogP contribution in [0.1, 0.15) is 24.5 Å². The van der Waals surface area contributed by atoms with E-state index in [-0.39, 0.29) is 6.10 Å². The zero-order valence-corrected chi connectivity index (χ0v) is 12.3. The number of ether oxygens (including phenoxy) is 2. The molecule has 100 valence electrons. The minimum Gasteiger partial charge on any atom is -0.496 e. The van der Waals surface area contributed by atoms with Gasteiger partial charge in [0.1, 0.15) is 5.75 Å². The topological polar surface area (TPSA) is 30.5 Å². The van der Waals surface area contributed by atoms with Gasteiger partial charge in [-0.1, -0.05) is 34.1 Å². The fourth-order valence-electron chi connectivity index (χ4n) is 2.29. The van der Waals surface area contributed by atoms with E-state index in [0.717, 1.165) is 42.6 Å². The standard InChI is InChI=1S/C14H20BrNO2/c1-17-13-5-3-2-4-12(13)14(10-15)18-11-6-8-16-9-7-11/h2-5,11,14,16H,6-10H2,1H3. The molecule has 1 fully saturated rings. The van der Waals surface area contributed by atoms with E-state index in [1.807, 2.05) is 18.2 Å². The molecule has 0 radical (unpaired) electrons. The molecule has 1 saturated heterocycles. The molecule has 1 N–H and O–H groups in total. The molecule has 0 aromatic heterocycles. The molecule has 0 aliphatic carbocycles. The van der Waals surface area contributed by atoms with Gasteiger partial charge < -0.3 is 14.8 Å². The van der Waals surface area contributed by atoms with Gasteiger partial charge in [-0.25, -0.2) is 0 Å². The summed E-state index contributed by atoms with van der Waals surface area (Å²) in [6, 6.07) is 8.07. The highest BCUT2D eigenvalue weighted by Gasteiger charge is 2.21. The summed E-state index contributed by atoms with van der Waals surface area (Å²) in [5, 5.41) is 4.14. The predicted octanol–water partition coefficient (Wildman–Crippen LogP) is 2.90. The lowest BCUT2D eigenvalue weighted by Crippen LogP contribution is -2.33. The summed E-state index contributed by atoms with van der Waals surface area (Å²) >= 11 is 3.55. The van der Waals surface area contributed by atoms with Crippen molar-refractivity contribution < 1.29 is 9.47 Å². The molecule has 1 aromatic carbocycles. The highest BCUT2D eigenvalue weighted by atomic mass is 79.9. The molecule has 1 aromatic rings. The van der Waals surface area contributed by atoms with Gasteiger partial charge in [-0.15, -0.1) is 0 Å². The zero-order chi connectivity index (χ0) is 12.8. The summed E-state index contributed by atoms with van der Waals surface area (Å²) in [5.74, 6) is 0.899. The summed E-state index contributed by atoms with van der Waals surface area (Å²) in [4.78, 5) is 0. The van der Waals surface area contributed by atoms with E-state index in [1.54, 1.807) is 7.11 Å². The number of rotatable bonds is 5. The molecular weight excluding hydrogens is 294 g/mol. The number of alkyl halides is 1. The smallest absolute Gasteiger partial charge is 0.124 e. The lowest BCUT2D eigenvalue weighted by Gasteiger charge is -2.28. The molecule has 0 bridgehead atoms. The van der Waals surface area contributed by atoms with Crippen LogP contribution >= 0.6 is 15.9 Å². The Morgan fingerprint density at radius 2 is 2.06 bits per heavy atom. The van der Waals surface area contributed by atoms with E-state index >= 15 is 0 Å². The number of piperidine rings is 1. The molecule has 0 saturated carbocycles. The van der Waals surface area contributed by atoms with Crippen molar-refractivity contribution >= 4 is 15.9 Å². The fourth-order valence-corrected chi connectivity index (χ4v) is 2.79. The van der Waals surface area contributed by atoms with Crippen molar-refractivity contribution in [3.63, 3.8) is 0 Å². The Balaban J connectivity index is 2.07. The third kappa shape index (κ3) is 3.46. The van der Waals surface area contributed by atoms with E-state index in [9.17, 15) is 0 Å². The maximum Gasteiger partial charge on any atom is 0.124 e. The van der Waals surface area contributed by atoms with Crippen LogP contribution in [-0.4, -0.2) is 31.6 Å². The maximum absolute atomic E-state index is 6.20.